The Morgan fingerprint density at radius 2 is 2.00 bits per heavy atom. The van der Waals surface area contributed by atoms with Crippen molar-refractivity contribution in [2.45, 2.75) is 12.3 Å². The van der Waals surface area contributed by atoms with Crippen molar-refractivity contribution in [3.63, 3.8) is 0 Å². The first-order chi connectivity index (χ1) is 7.29. The van der Waals surface area contributed by atoms with E-state index in [9.17, 15) is 4.39 Å². The van der Waals surface area contributed by atoms with Gasteiger partial charge in [0.25, 0.3) is 0 Å². The molecule has 3 heteroatoms. The highest BCUT2D eigenvalue weighted by molar-refractivity contribution is 5.21. The van der Waals surface area contributed by atoms with E-state index in [1.54, 1.807) is 0 Å². The highest BCUT2D eigenvalue weighted by Crippen LogP contribution is 2.26. The van der Waals surface area contributed by atoms with Crippen LogP contribution >= 0.6 is 0 Å². The van der Waals surface area contributed by atoms with Crippen molar-refractivity contribution in [3.05, 3.63) is 35.6 Å². The normalized spacial score (nSPS) is 18.5. The summed E-state index contributed by atoms with van der Waals surface area (Å²) in [4.78, 5) is 0. The molecule has 0 saturated carbocycles. The zero-order valence-electron chi connectivity index (χ0n) is 8.66. The van der Waals surface area contributed by atoms with Gasteiger partial charge in [-0.3, -0.25) is 0 Å². The third kappa shape index (κ3) is 2.55. The Morgan fingerprint density at radius 3 is 2.47 bits per heavy atom. The molecule has 1 unspecified atom stereocenters. The van der Waals surface area contributed by atoms with Crippen LogP contribution in [0.5, 0.6) is 0 Å². The first kappa shape index (κ1) is 10.6. The van der Waals surface area contributed by atoms with Gasteiger partial charge in [0.1, 0.15) is 5.82 Å². The molecule has 0 spiro atoms. The van der Waals surface area contributed by atoms with Gasteiger partial charge in [-0.2, -0.15) is 0 Å². The fourth-order valence-electron chi connectivity index (χ4n) is 1.93. The molecule has 1 heterocycles. The average Bonchev–Trinajstić information content (AvgIpc) is 2.19. The molecule has 2 nitrogen and oxygen atoms in total. The Labute approximate surface area is 89.2 Å². The van der Waals surface area contributed by atoms with E-state index < -0.39 is 0 Å². The first-order valence-electron chi connectivity index (χ1n) is 5.33. The predicted molar refractivity (Wildman–Crippen MR) is 57.1 cm³/mol. The Balaban J connectivity index is 2.01. The van der Waals surface area contributed by atoms with Gasteiger partial charge < -0.3 is 10.5 Å². The molecule has 1 atom stereocenters. The van der Waals surface area contributed by atoms with Gasteiger partial charge in [-0.15, -0.1) is 0 Å². The second kappa shape index (κ2) is 4.73. The van der Waals surface area contributed by atoms with Crippen LogP contribution < -0.4 is 5.73 Å². The number of benzene rings is 1. The minimum Gasteiger partial charge on any atom is -0.381 e. The maximum Gasteiger partial charge on any atom is 0.123 e. The van der Waals surface area contributed by atoms with Crippen LogP contribution in [0.3, 0.4) is 0 Å². The Hall–Kier alpha value is -0.930. The summed E-state index contributed by atoms with van der Waals surface area (Å²) in [6.45, 7) is 2.30. The smallest absolute Gasteiger partial charge is 0.123 e. The molecule has 0 aromatic heterocycles. The lowest BCUT2D eigenvalue weighted by Crippen LogP contribution is -2.30. The van der Waals surface area contributed by atoms with E-state index in [0.717, 1.165) is 25.2 Å². The fraction of sp³-hybridized carbons (Fsp3) is 0.500. The molecule has 15 heavy (non-hydrogen) atoms. The van der Waals surface area contributed by atoms with Crippen molar-refractivity contribution < 1.29 is 9.13 Å². The largest absolute Gasteiger partial charge is 0.381 e. The molecule has 0 aliphatic carbocycles. The molecule has 1 aliphatic rings. The molecule has 1 aromatic rings. The molecule has 0 radical (unpaired) electrons. The topological polar surface area (TPSA) is 35.2 Å². The maximum atomic E-state index is 12.7. The third-order valence-electron chi connectivity index (χ3n) is 2.95. The molecule has 0 bridgehead atoms. The molecule has 0 amide bonds. The van der Waals surface area contributed by atoms with Gasteiger partial charge in [0.05, 0.1) is 13.2 Å². The van der Waals surface area contributed by atoms with Crippen LogP contribution in [-0.2, 0) is 4.74 Å². The van der Waals surface area contributed by atoms with E-state index in [1.807, 2.05) is 12.1 Å². The molecule has 1 fully saturated rings. The second-order valence-corrected chi connectivity index (χ2v) is 4.12. The quantitative estimate of drug-likeness (QED) is 0.822. The molecule has 1 aromatic carbocycles. The summed E-state index contributed by atoms with van der Waals surface area (Å²) in [7, 11) is 0. The second-order valence-electron chi connectivity index (χ2n) is 4.12. The highest BCUT2D eigenvalue weighted by atomic mass is 19.1. The van der Waals surface area contributed by atoms with Gasteiger partial charge in [0.2, 0.25) is 0 Å². The predicted octanol–water partition coefficient (Wildman–Crippen LogP) is 1.90. The minimum absolute atomic E-state index is 0.193. The van der Waals surface area contributed by atoms with E-state index in [1.165, 1.54) is 12.1 Å². The van der Waals surface area contributed by atoms with Gasteiger partial charge in [0, 0.05) is 5.92 Å². The maximum absolute atomic E-state index is 12.7. The highest BCUT2D eigenvalue weighted by Gasteiger charge is 2.23. The van der Waals surface area contributed by atoms with Gasteiger partial charge in [-0.05, 0) is 36.6 Å². The van der Waals surface area contributed by atoms with Crippen LogP contribution in [0, 0.1) is 11.7 Å². The van der Waals surface area contributed by atoms with Gasteiger partial charge in [-0.1, -0.05) is 12.1 Å². The van der Waals surface area contributed by atoms with Gasteiger partial charge in [-0.25, -0.2) is 4.39 Å². The zero-order valence-corrected chi connectivity index (χ0v) is 8.66. The summed E-state index contributed by atoms with van der Waals surface area (Å²) < 4.78 is 17.9. The Morgan fingerprint density at radius 1 is 1.33 bits per heavy atom. The lowest BCUT2D eigenvalue weighted by Gasteiger charge is -2.29. The standard InChI is InChI=1S/C12H16FNO/c13-12-3-1-10(2-4-12)11(6-14)5-9-7-15-8-9/h1-4,9,11H,5-8,14H2. The van der Waals surface area contributed by atoms with Crippen LogP contribution in [0.4, 0.5) is 4.39 Å². The number of hydrogen-bond donors (Lipinski definition) is 1. The molecule has 1 saturated heterocycles. The van der Waals surface area contributed by atoms with Crippen molar-refractivity contribution in [2.24, 2.45) is 11.7 Å². The van der Waals surface area contributed by atoms with Crippen molar-refractivity contribution >= 4 is 0 Å². The molecule has 1 aliphatic heterocycles. The summed E-state index contributed by atoms with van der Waals surface area (Å²) >= 11 is 0. The zero-order chi connectivity index (χ0) is 10.7. The van der Waals surface area contributed by atoms with Crippen molar-refractivity contribution in [1.82, 2.24) is 0 Å². The van der Waals surface area contributed by atoms with Crippen molar-refractivity contribution in [2.75, 3.05) is 19.8 Å². The lowest BCUT2D eigenvalue weighted by atomic mass is 9.88. The van der Waals surface area contributed by atoms with Crippen LogP contribution in [0.15, 0.2) is 24.3 Å². The first-order valence-corrected chi connectivity index (χ1v) is 5.33. The molecular weight excluding hydrogens is 193 g/mol. The SMILES string of the molecule is NCC(CC1COC1)c1ccc(F)cc1. The van der Waals surface area contributed by atoms with Crippen LogP contribution in [0.25, 0.3) is 0 Å². The number of hydrogen-bond acceptors (Lipinski definition) is 2. The minimum atomic E-state index is -0.193. The van der Waals surface area contributed by atoms with E-state index in [-0.39, 0.29) is 5.82 Å². The monoisotopic (exact) mass is 209 g/mol. The van der Waals surface area contributed by atoms with Crippen molar-refractivity contribution in [1.29, 1.82) is 0 Å². The fourth-order valence-corrected chi connectivity index (χ4v) is 1.93. The lowest BCUT2D eigenvalue weighted by molar-refractivity contribution is -0.0382. The summed E-state index contributed by atoms with van der Waals surface area (Å²) in [5.74, 6) is 0.768. The van der Waals surface area contributed by atoms with Crippen LogP contribution in [-0.4, -0.2) is 19.8 Å². The van der Waals surface area contributed by atoms with Crippen molar-refractivity contribution in [3.8, 4) is 0 Å². The summed E-state index contributed by atoms with van der Waals surface area (Å²) in [5, 5.41) is 0. The summed E-state index contributed by atoms with van der Waals surface area (Å²) in [5.41, 5.74) is 6.87. The molecule has 82 valence electrons. The number of ether oxygens (including phenoxy) is 1. The number of nitrogens with two attached hydrogens (primary N) is 1. The van der Waals surface area contributed by atoms with E-state index >= 15 is 0 Å². The molecule has 2 N–H and O–H groups in total. The molecule has 2 rings (SSSR count). The average molecular weight is 209 g/mol. The number of halogens is 1. The van der Waals surface area contributed by atoms with Gasteiger partial charge in [0.15, 0.2) is 0 Å². The van der Waals surface area contributed by atoms with Crippen LogP contribution in [0.1, 0.15) is 17.9 Å². The van der Waals surface area contributed by atoms with Gasteiger partial charge >= 0.3 is 0 Å². The Kier molecular flexibility index (Phi) is 3.34. The van der Waals surface area contributed by atoms with E-state index in [0.29, 0.717) is 18.4 Å². The summed E-state index contributed by atoms with van der Waals surface area (Å²) in [6.07, 6.45) is 1.04. The van der Waals surface area contributed by atoms with Crippen LogP contribution in [0.2, 0.25) is 0 Å². The summed E-state index contributed by atoms with van der Waals surface area (Å²) in [6, 6.07) is 6.64. The molecular formula is C12H16FNO. The van der Waals surface area contributed by atoms with E-state index in [2.05, 4.69) is 0 Å². The van der Waals surface area contributed by atoms with E-state index in [4.69, 9.17) is 10.5 Å². The Bertz CT molecular complexity index is 308. The third-order valence-corrected chi connectivity index (χ3v) is 2.95. The number of rotatable bonds is 4.